The predicted molar refractivity (Wildman–Crippen MR) is 161 cm³/mol. The number of allylic oxidation sites excluding steroid dienone is 3. The molecule has 4 rings (SSSR count). The average Bonchev–Trinajstić information content (AvgIpc) is 3.03. The van der Waals surface area contributed by atoms with E-state index in [1.54, 1.807) is 0 Å². The van der Waals surface area contributed by atoms with Crippen molar-refractivity contribution in [1.82, 2.24) is 0 Å². The number of unbranched alkanes of at least 4 members (excludes halogenated alkanes) is 1. The van der Waals surface area contributed by atoms with Gasteiger partial charge in [0.05, 0.1) is 12.2 Å². The summed E-state index contributed by atoms with van der Waals surface area (Å²) in [6.07, 6.45) is 7.34. The highest BCUT2D eigenvalue weighted by Gasteiger charge is 2.37. The molecule has 2 aliphatic rings. The lowest BCUT2D eigenvalue weighted by Crippen LogP contribution is -2.25. The van der Waals surface area contributed by atoms with Crippen molar-refractivity contribution in [2.75, 3.05) is 6.61 Å². The molecule has 46 heavy (non-hydrogen) atoms. The molecule has 0 spiro atoms. The lowest BCUT2D eigenvalue weighted by molar-refractivity contribution is -0.185. The highest BCUT2D eigenvalue weighted by molar-refractivity contribution is 5.31. The van der Waals surface area contributed by atoms with Crippen LogP contribution < -0.4 is 9.47 Å². The zero-order valence-corrected chi connectivity index (χ0v) is 25.9. The molecule has 2 aromatic carbocycles. The van der Waals surface area contributed by atoms with Gasteiger partial charge < -0.3 is 9.47 Å². The molecule has 0 amide bonds. The SMILES string of the molecule is C=CC(CCCCC1CCC(C2CC=C(C(F)(F)F)CC2)CC1)CCCOc1ccc(C(F)(F)Oc2cc(F)c(F)c(F)c2)cc1. The van der Waals surface area contributed by atoms with Crippen LogP contribution in [0.3, 0.4) is 0 Å². The van der Waals surface area contributed by atoms with Crippen LogP contribution in [0.25, 0.3) is 0 Å². The Morgan fingerprint density at radius 1 is 0.804 bits per heavy atom. The second-order valence-corrected chi connectivity index (χ2v) is 12.7. The minimum atomic E-state index is -4.18. The zero-order valence-electron chi connectivity index (χ0n) is 25.9. The van der Waals surface area contributed by atoms with Gasteiger partial charge in [-0.05, 0) is 99.3 Å². The van der Waals surface area contributed by atoms with Crippen molar-refractivity contribution in [2.24, 2.45) is 23.7 Å². The summed E-state index contributed by atoms with van der Waals surface area (Å²) >= 11 is 0. The number of benzene rings is 2. The summed E-state index contributed by atoms with van der Waals surface area (Å²) in [5.41, 5.74) is -0.910. The first-order chi connectivity index (χ1) is 21.9. The normalized spacial score (nSPS) is 21.4. The van der Waals surface area contributed by atoms with Crippen molar-refractivity contribution in [1.29, 1.82) is 0 Å². The predicted octanol–water partition coefficient (Wildman–Crippen LogP) is 11.8. The molecule has 1 fully saturated rings. The molecule has 0 N–H and O–H groups in total. The van der Waals surface area contributed by atoms with Crippen LogP contribution in [-0.2, 0) is 6.11 Å². The molecule has 0 bridgehead atoms. The zero-order chi connectivity index (χ0) is 33.3. The van der Waals surface area contributed by atoms with Crippen LogP contribution in [0.4, 0.5) is 35.1 Å². The van der Waals surface area contributed by atoms with Crippen LogP contribution in [0.5, 0.6) is 11.5 Å². The highest BCUT2D eigenvalue weighted by atomic mass is 19.4. The van der Waals surface area contributed by atoms with Gasteiger partial charge in [-0.3, -0.25) is 0 Å². The Labute approximate surface area is 265 Å². The van der Waals surface area contributed by atoms with Crippen molar-refractivity contribution in [3.05, 3.63) is 83.7 Å². The molecule has 0 saturated heterocycles. The molecule has 2 aliphatic carbocycles. The first-order valence-electron chi connectivity index (χ1n) is 16.2. The van der Waals surface area contributed by atoms with E-state index in [0.29, 0.717) is 61.0 Å². The van der Waals surface area contributed by atoms with Gasteiger partial charge in [-0.2, -0.15) is 22.0 Å². The summed E-state index contributed by atoms with van der Waals surface area (Å²) in [5, 5.41) is 0. The van der Waals surface area contributed by atoms with Crippen LogP contribution in [0.15, 0.2) is 60.7 Å². The number of hydrogen-bond acceptors (Lipinski definition) is 2. The van der Waals surface area contributed by atoms with Crippen LogP contribution in [-0.4, -0.2) is 12.8 Å². The summed E-state index contributed by atoms with van der Waals surface area (Å²) in [6, 6.07) is 5.59. The van der Waals surface area contributed by atoms with Crippen molar-refractivity contribution in [3.8, 4) is 11.5 Å². The summed E-state index contributed by atoms with van der Waals surface area (Å²) in [6.45, 7) is 4.35. The van der Waals surface area contributed by atoms with E-state index in [0.717, 1.165) is 57.1 Å². The molecule has 0 heterocycles. The van der Waals surface area contributed by atoms with Crippen LogP contribution in [0, 0.1) is 41.1 Å². The Morgan fingerprint density at radius 3 is 2.04 bits per heavy atom. The third-order valence-corrected chi connectivity index (χ3v) is 9.53. The first kappa shape index (κ1) is 35.8. The van der Waals surface area contributed by atoms with Crippen molar-refractivity contribution < 1.29 is 44.6 Å². The number of ether oxygens (including phenoxy) is 2. The second kappa shape index (κ2) is 16.2. The van der Waals surface area contributed by atoms with E-state index in [4.69, 9.17) is 4.74 Å². The number of alkyl halides is 5. The van der Waals surface area contributed by atoms with Crippen molar-refractivity contribution in [3.63, 3.8) is 0 Å². The third-order valence-electron chi connectivity index (χ3n) is 9.53. The number of hydrogen-bond donors (Lipinski definition) is 0. The lowest BCUT2D eigenvalue weighted by Gasteiger charge is -2.35. The van der Waals surface area contributed by atoms with Gasteiger partial charge in [0.1, 0.15) is 11.5 Å². The first-order valence-corrected chi connectivity index (χ1v) is 16.2. The molecule has 0 aromatic heterocycles. The Kier molecular flexibility index (Phi) is 12.6. The van der Waals surface area contributed by atoms with Gasteiger partial charge in [-0.1, -0.05) is 44.3 Å². The summed E-state index contributed by atoms with van der Waals surface area (Å²) < 4.78 is 118. The molecule has 2 unspecified atom stereocenters. The van der Waals surface area contributed by atoms with Gasteiger partial charge in [0.15, 0.2) is 17.5 Å². The summed E-state index contributed by atoms with van der Waals surface area (Å²) in [7, 11) is 0. The quantitative estimate of drug-likeness (QED) is 0.0821. The van der Waals surface area contributed by atoms with Crippen LogP contribution >= 0.6 is 0 Å². The van der Waals surface area contributed by atoms with Crippen LogP contribution in [0.1, 0.15) is 89.0 Å². The molecule has 254 valence electrons. The maximum absolute atomic E-state index is 14.5. The molecule has 1 saturated carbocycles. The second-order valence-electron chi connectivity index (χ2n) is 12.7. The lowest BCUT2D eigenvalue weighted by atomic mass is 9.70. The fourth-order valence-electron chi connectivity index (χ4n) is 6.79. The largest absolute Gasteiger partial charge is 0.494 e. The van der Waals surface area contributed by atoms with Gasteiger partial charge in [-0.15, -0.1) is 6.58 Å². The van der Waals surface area contributed by atoms with Gasteiger partial charge in [0.2, 0.25) is 0 Å². The van der Waals surface area contributed by atoms with E-state index in [1.807, 2.05) is 6.08 Å². The smallest absolute Gasteiger partial charge is 0.426 e. The van der Waals surface area contributed by atoms with Gasteiger partial charge in [0.25, 0.3) is 0 Å². The van der Waals surface area contributed by atoms with E-state index >= 15 is 0 Å². The van der Waals surface area contributed by atoms with E-state index in [1.165, 1.54) is 37.5 Å². The Morgan fingerprint density at radius 2 is 1.46 bits per heavy atom. The van der Waals surface area contributed by atoms with Gasteiger partial charge in [0, 0.05) is 17.7 Å². The monoisotopic (exact) mass is 658 g/mol. The molecule has 2 nitrogen and oxygen atoms in total. The maximum Gasteiger partial charge on any atom is 0.426 e. The Hall–Kier alpha value is -3.04. The average molecular weight is 659 g/mol. The molecule has 2 aromatic rings. The standard InChI is InChI=1S/C36H42F8O2/c1-2-24(6-3-4-7-25-9-11-26(12-10-25)27-13-15-28(16-14-27)35(40,41)42)8-5-21-45-30-19-17-29(18-20-30)36(43,44)46-31-22-32(37)34(39)33(38)23-31/h2,15,17-20,22-27H,1,3-14,16,21H2. The van der Waals surface area contributed by atoms with Crippen molar-refractivity contribution >= 4 is 0 Å². The fraction of sp³-hybridized carbons (Fsp3) is 0.556. The fourth-order valence-corrected chi connectivity index (χ4v) is 6.79. The minimum Gasteiger partial charge on any atom is -0.494 e. The minimum absolute atomic E-state index is 0.159. The third kappa shape index (κ3) is 10.2. The molecule has 0 radical (unpaired) electrons. The van der Waals surface area contributed by atoms with E-state index < -0.39 is 41.0 Å². The molecular formula is C36H42F8O2. The Balaban J connectivity index is 1.08. The maximum atomic E-state index is 14.5. The molecule has 10 heteroatoms. The number of halogens is 8. The van der Waals surface area contributed by atoms with E-state index in [-0.39, 0.29) is 12.0 Å². The highest BCUT2D eigenvalue weighted by Crippen LogP contribution is 2.43. The van der Waals surface area contributed by atoms with Crippen molar-refractivity contribution in [2.45, 2.75) is 95.8 Å². The summed E-state index contributed by atoms with van der Waals surface area (Å²) in [4.78, 5) is 0. The van der Waals surface area contributed by atoms with Gasteiger partial charge in [-0.25, -0.2) is 13.2 Å². The number of rotatable bonds is 15. The Bertz CT molecular complexity index is 1270. The topological polar surface area (TPSA) is 18.5 Å². The van der Waals surface area contributed by atoms with Crippen LogP contribution in [0.2, 0.25) is 0 Å². The molecule has 0 aliphatic heterocycles. The molecular weight excluding hydrogens is 616 g/mol. The van der Waals surface area contributed by atoms with E-state index in [9.17, 15) is 35.1 Å². The van der Waals surface area contributed by atoms with Gasteiger partial charge >= 0.3 is 12.3 Å². The summed E-state index contributed by atoms with van der Waals surface area (Å²) in [5.74, 6) is -3.50. The van der Waals surface area contributed by atoms with E-state index in [2.05, 4.69) is 11.3 Å². The molecule has 2 atom stereocenters.